The quantitative estimate of drug-likeness (QED) is 0.666. The van der Waals surface area contributed by atoms with E-state index in [1.807, 2.05) is 30.6 Å². The number of pyridine rings is 1. The number of rotatable bonds is 1. The fourth-order valence-corrected chi connectivity index (χ4v) is 3.81. The average molecular weight is 410 g/mol. The number of nitrogens with zero attached hydrogens (tertiary/aromatic N) is 3. The Morgan fingerprint density at radius 3 is 2.36 bits per heavy atom. The highest BCUT2D eigenvalue weighted by atomic mass is 79.9. The Bertz CT molecular complexity index is 643. The van der Waals surface area contributed by atoms with E-state index in [1.54, 1.807) is 18.3 Å². The molecule has 25 heavy (non-hydrogen) atoms. The van der Waals surface area contributed by atoms with Gasteiger partial charge in [-0.05, 0) is 68.1 Å². The van der Waals surface area contributed by atoms with Crippen molar-refractivity contribution in [3.05, 3.63) is 28.5 Å². The maximum Gasteiger partial charge on any atom is 0.410 e. The molecule has 1 aromatic rings. The van der Waals surface area contributed by atoms with Crippen LogP contribution >= 0.6 is 15.9 Å². The first-order chi connectivity index (χ1) is 11.7. The standard InChI is InChI=1S/C18H24BrN3O3/c1-18(2,3)25-17(24)22-13-5-4-6-14(22)11-21(10-13)16(23)12-7-8-15(19)20-9-12/h7-9,13-14H,4-6,10-11H2,1-3H3. The van der Waals surface area contributed by atoms with Crippen LogP contribution in [-0.2, 0) is 4.74 Å². The molecule has 0 N–H and O–H groups in total. The monoisotopic (exact) mass is 409 g/mol. The van der Waals surface area contributed by atoms with E-state index in [4.69, 9.17) is 4.74 Å². The Hall–Kier alpha value is -1.63. The number of amides is 2. The van der Waals surface area contributed by atoms with E-state index in [9.17, 15) is 9.59 Å². The molecule has 2 aliphatic rings. The highest BCUT2D eigenvalue weighted by Gasteiger charge is 2.43. The number of halogens is 1. The third-order valence-electron chi connectivity index (χ3n) is 4.59. The van der Waals surface area contributed by atoms with Gasteiger partial charge in [0.2, 0.25) is 0 Å². The lowest BCUT2D eigenvalue weighted by atomic mass is 9.91. The van der Waals surface area contributed by atoms with Gasteiger partial charge in [0, 0.05) is 19.3 Å². The van der Waals surface area contributed by atoms with Crippen molar-refractivity contribution in [1.82, 2.24) is 14.8 Å². The van der Waals surface area contributed by atoms with E-state index in [0.29, 0.717) is 23.3 Å². The van der Waals surface area contributed by atoms with E-state index in [-0.39, 0.29) is 24.1 Å². The van der Waals surface area contributed by atoms with Crippen LogP contribution in [0.1, 0.15) is 50.4 Å². The Labute approximate surface area is 156 Å². The summed E-state index contributed by atoms with van der Waals surface area (Å²) in [5.41, 5.74) is 0.0634. The molecule has 0 aromatic carbocycles. The topological polar surface area (TPSA) is 62.7 Å². The van der Waals surface area contributed by atoms with Crippen LogP contribution in [0.5, 0.6) is 0 Å². The van der Waals surface area contributed by atoms with Crippen molar-refractivity contribution in [3.8, 4) is 0 Å². The third kappa shape index (κ3) is 4.14. The number of aromatic nitrogens is 1. The second kappa shape index (κ2) is 6.94. The van der Waals surface area contributed by atoms with Gasteiger partial charge in [0.1, 0.15) is 10.2 Å². The largest absolute Gasteiger partial charge is 0.444 e. The van der Waals surface area contributed by atoms with Crippen LogP contribution in [-0.4, -0.2) is 57.6 Å². The van der Waals surface area contributed by atoms with E-state index >= 15 is 0 Å². The minimum absolute atomic E-state index is 0.0229. The zero-order chi connectivity index (χ0) is 18.2. The second-order valence-corrected chi connectivity index (χ2v) is 8.52. The first kappa shape index (κ1) is 18.2. The van der Waals surface area contributed by atoms with Crippen molar-refractivity contribution in [2.75, 3.05) is 13.1 Å². The van der Waals surface area contributed by atoms with Crippen molar-refractivity contribution in [1.29, 1.82) is 0 Å². The number of fused-ring (bicyclic) bond motifs is 2. The van der Waals surface area contributed by atoms with Crippen LogP contribution in [0.25, 0.3) is 0 Å². The minimum atomic E-state index is -0.512. The second-order valence-electron chi connectivity index (χ2n) is 7.71. The molecule has 0 aliphatic carbocycles. The van der Waals surface area contributed by atoms with E-state index < -0.39 is 5.60 Å². The summed E-state index contributed by atoms with van der Waals surface area (Å²) in [7, 11) is 0. The minimum Gasteiger partial charge on any atom is -0.444 e. The Morgan fingerprint density at radius 2 is 1.84 bits per heavy atom. The zero-order valence-corrected chi connectivity index (χ0v) is 16.5. The summed E-state index contributed by atoms with van der Waals surface area (Å²) in [5, 5.41) is 0. The molecule has 2 fully saturated rings. The van der Waals surface area contributed by atoms with Crippen LogP contribution in [0.4, 0.5) is 4.79 Å². The van der Waals surface area contributed by atoms with Gasteiger partial charge in [-0.2, -0.15) is 0 Å². The van der Waals surface area contributed by atoms with Crippen molar-refractivity contribution in [3.63, 3.8) is 0 Å². The lowest BCUT2D eigenvalue weighted by molar-refractivity contribution is -0.0334. The Morgan fingerprint density at radius 1 is 1.20 bits per heavy atom. The first-order valence-electron chi connectivity index (χ1n) is 8.67. The van der Waals surface area contributed by atoms with Crippen LogP contribution in [0.3, 0.4) is 0 Å². The van der Waals surface area contributed by atoms with Crippen LogP contribution in [0.15, 0.2) is 22.9 Å². The predicted octanol–water partition coefficient (Wildman–Crippen LogP) is 3.46. The molecule has 0 saturated carbocycles. The van der Waals surface area contributed by atoms with Gasteiger partial charge in [-0.25, -0.2) is 9.78 Å². The Kier molecular flexibility index (Phi) is 5.04. The number of carbonyl (C=O) groups excluding carboxylic acids is 2. The molecule has 3 heterocycles. The average Bonchev–Trinajstić information content (AvgIpc) is 2.52. The van der Waals surface area contributed by atoms with Gasteiger partial charge < -0.3 is 9.64 Å². The molecular formula is C18H24BrN3O3. The molecule has 136 valence electrons. The lowest BCUT2D eigenvalue weighted by Crippen LogP contribution is -2.64. The summed E-state index contributed by atoms with van der Waals surface area (Å²) in [4.78, 5) is 33.2. The summed E-state index contributed by atoms with van der Waals surface area (Å²) in [6.45, 7) is 6.72. The summed E-state index contributed by atoms with van der Waals surface area (Å²) in [6.07, 6.45) is 4.20. The van der Waals surface area contributed by atoms with Gasteiger partial charge in [0.25, 0.3) is 5.91 Å². The van der Waals surface area contributed by atoms with Crippen LogP contribution in [0, 0.1) is 0 Å². The molecule has 2 unspecified atom stereocenters. The van der Waals surface area contributed by atoms with Gasteiger partial charge >= 0.3 is 6.09 Å². The summed E-state index contributed by atoms with van der Waals surface area (Å²) < 4.78 is 6.28. The van der Waals surface area contributed by atoms with E-state index in [0.717, 1.165) is 19.3 Å². The molecule has 7 heteroatoms. The van der Waals surface area contributed by atoms with Crippen LogP contribution in [0.2, 0.25) is 0 Å². The maximum absolute atomic E-state index is 12.8. The molecule has 1 aromatic heterocycles. The number of hydrogen-bond acceptors (Lipinski definition) is 4. The SMILES string of the molecule is CC(C)(C)OC(=O)N1C2CCCC1CN(C(=O)c1ccc(Br)nc1)C2. The molecule has 2 aliphatic heterocycles. The Balaban J connectivity index is 1.73. The number of hydrogen-bond donors (Lipinski definition) is 0. The first-order valence-corrected chi connectivity index (χ1v) is 9.46. The third-order valence-corrected chi connectivity index (χ3v) is 5.06. The highest BCUT2D eigenvalue weighted by Crippen LogP contribution is 2.31. The molecular weight excluding hydrogens is 386 g/mol. The summed E-state index contributed by atoms with van der Waals surface area (Å²) in [6, 6.07) is 3.59. The zero-order valence-electron chi connectivity index (χ0n) is 14.9. The van der Waals surface area contributed by atoms with Gasteiger partial charge in [-0.3, -0.25) is 9.69 Å². The smallest absolute Gasteiger partial charge is 0.410 e. The van der Waals surface area contributed by atoms with Crippen molar-refractivity contribution < 1.29 is 14.3 Å². The van der Waals surface area contributed by atoms with Gasteiger partial charge in [0.15, 0.2) is 0 Å². The van der Waals surface area contributed by atoms with E-state index in [1.165, 1.54) is 0 Å². The molecule has 0 spiro atoms. The van der Waals surface area contributed by atoms with Gasteiger partial charge in [-0.15, -0.1) is 0 Å². The van der Waals surface area contributed by atoms with Crippen molar-refractivity contribution in [2.45, 2.75) is 57.7 Å². The number of piperazine rings is 1. The highest BCUT2D eigenvalue weighted by molar-refractivity contribution is 9.10. The lowest BCUT2D eigenvalue weighted by Gasteiger charge is -2.49. The van der Waals surface area contributed by atoms with E-state index in [2.05, 4.69) is 20.9 Å². The molecule has 2 bridgehead atoms. The molecule has 2 amide bonds. The molecule has 3 rings (SSSR count). The predicted molar refractivity (Wildman–Crippen MR) is 97.3 cm³/mol. The van der Waals surface area contributed by atoms with Crippen molar-refractivity contribution >= 4 is 27.9 Å². The normalized spacial score (nSPS) is 23.4. The number of likely N-dealkylation sites (tertiary alicyclic amines) is 1. The fourth-order valence-electron chi connectivity index (χ4n) is 3.57. The fraction of sp³-hybridized carbons (Fsp3) is 0.611. The van der Waals surface area contributed by atoms with Crippen molar-refractivity contribution in [2.24, 2.45) is 0 Å². The number of ether oxygens (including phenoxy) is 1. The molecule has 2 atom stereocenters. The number of carbonyl (C=O) groups is 2. The molecule has 2 saturated heterocycles. The molecule has 0 radical (unpaired) electrons. The van der Waals surface area contributed by atoms with Gasteiger partial charge in [-0.1, -0.05) is 0 Å². The summed E-state index contributed by atoms with van der Waals surface area (Å²) in [5.74, 6) is -0.0271. The maximum atomic E-state index is 12.8. The number of piperidine rings is 1. The molecule has 6 nitrogen and oxygen atoms in total. The van der Waals surface area contributed by atoms with Gasteiger partial charge in [0.05, 0.1) is 17.6 Å². The van der Waals surface area contributed by atoms with Crippen LogP contribution < -0.4 is 0 Å². The summed E-state index contributed by atoms with van der Waals surface area (Å²) >= 11 is 3.28.